The molecule has 5 heteroatoms. The highest BCUT2D eigenvalue weighted by Gasteiger charge is 2.26. The van der Waals surface area contributed by atoms with Gasteiger partial charge in [-0.05, 0) is 47.0 Å². The van der Waals surface area contributed by atoms with Crippen LogP contribution in [-0.2, 0) is 4.74 Å². The molecule has 0 aromatic heterocycles. The van der Waals surface area contributed by atoms with Gasteiger partial charge in [0.25, 0.3) is 5.91 Å². The monoisotopic (exact) mass is 411 g/mol. The highest BCUT2D eigenvalue weighted by molar-refractivity contribution is 6.34. The predicted molar refractivity (Wildman–Crippen MR) is 113 cm³/mol. The average molecular weight is 412 g/mol. The van der Waals surface area contributed by atoms with Crippen molar-refractivity contribution in [3.05, 3.63) is 94.0 Å². The number of morpholine rings is 1. The van der Waals surface area contributed by atoms with Crippen molar-refractivity contribution in [3.8, 4) is 11.1 Å². The molecule has 1 unspecified atom stereocenters. The first-order valence-corrected chi connectivity index (χ1v) is 9.88. The number of carbonyl (C=O) groups is 1. The maximum atomic E-state index is 13.0. The fourth-order valence-corrected chi connectivity index (χ4v) is 3.96. The molecule has 1 heterocycles. The molecular weight excluding hydrogens is 393 g/mol. The van der Waals surface area contributed by atoms with Crippen LogP contribution in [0.4, 0.5) is 0 Å². The summed E-state index contributed by atoms with van der Waals surface area (Å²) in [5, 5.41) is 1.12. The van der Waals surface area contributed by atoms with Crippen molar-refractivity contribution in [2.45, 2.75) is 6.10 Å². The van der Waals surface area contributed by atoms with Crippen LogP contribution >= 0.6 is 23.2 Å². The van der Waals surface area contributed by atoms with Gasteiger partial charge in [0.1, 0.15) is 6.10 Å². The lowest BCUT2D eigenvalue weighted by Crippen LogP contribution is -2.42. The maximum Gasteiger partial charge on any atom is 0.254 e. The third kappa shape index (κ3) is 4.22. The Labute approximate surface area is 174 Å². The Balaban J connectivity index is 1.50. The molecule has 1 aliphatic rings. The van der Waals surface area contributed by atoms with E-state index < -0.39 is 0 Å². The van der Waals surface area contributed by atoms with E-state index in [-0.39, 0.29) is 12.0 Å². The quantitative estimate of drug-likeness (QED) is 0.538. The molecule has 0 saturated carbocycles. The van der Waals surface area contributed by atoms with E-state index in [1.54, 1.807) is 6.07 Å². The number of ether oxygens (including phenoxy) is 1. The molecule has 3 nitrogen and oxygen atoms in total. The van der Waals surface area contributed by atoms with E-state index in [4.69, 9.17) is 27.9 Å². The van der Waals surface area contributed by atoms with Crippen LogP contribution in [0.5, 0.6) is 0 Å². The van der Waals surface area contributed by atoms with Gasteiger partial charge in [0.2, 0.25) is 0 Å². The molecule has 142 valence electrons. The Kier molecular flexibility index (Phi) is 5.67. The lowest BCUT2D eigenvalue weighted by atomic mass is 10.0. The van der Waals surface area contributed by atoms with Crippen molar-refractivity contribution >= 4 is 29.1 Å². The standard InChI is InChI=1S/C23H19Cl2NO2/c24-20-12-19(13-21(25)14-20)22-15-26(10-11-28-22)23(27)18-8-6-17(7-9-18)16-4-2-1-3-5-16/h1-9,12-14,22H,10-11,15H2. The van der Waals surface area contributed by atoms with Crippen molar-refractivity contribution in [3.63, 3.8) is 0 Å². The van der Waals surface area contributed by atoms with E-state index in [9.17, 15) is 4.79 Å². The predicted octanol–water partition coefficient (Wildman–Crippen LogP) is 5.87. The molecule has 1 amide bonds. The highest BCUT2D eigenvalue weighted by Crippen LogP contribution is 2.29. The zero-order chi connectivity index (χ0) is 19.5. The van der Waals surface area contributed by atoms with Crippen molar-refractivity contribution in [1.29, 1.82) is 0 Å². The highest BCUT2D eigenvalue weighted by atomic mass is 35.5. The second-order valence-electron chi connectivity index (χ2n) is 6.76. The molecule has 0 aliphatic carbocycles. The summed E-state index contributed by atoms with van der Waals surface area (Å²) in [5.41, 5.74) is 3.77. The Bertz CT molecular complexity index is 953. The van der Waals surface area contributed by atoms with Gasteiger partial charge < -0.3 is 9.64 Å². The molecule has 0 N–H and O–H groups in total. The summed E-state index contributed by atoms with van der Waals surface area (Å²) < 4.78 is 5.86. The molecule has 1 fully saturated rings. The Morgan fingerprint density at radius 1 is 0.893 bits per heavy atom. The molecule has 1 saturated heterocycles. The number of hydrogen-bond acceptors (Lipinski definition) is 2. The SMILES string of the molecule is O=C(c1ccc(-c2ccccc2)cc1)N1CCOC(c2cc(Cl)cc(Cl)c2)C1. The van der Waals surface area contributed by atoms with Gasteiger partial charge in [-0.15, -0.1) is 0 Å². The van der Waals surface area contributed by atoms with Gasteiger partial charge in [-0.25, -0.2) is 0 Å². The van der Waals surface area contributed by atoms with Gasteiger partial charge in [0.05, 0.1) is 13.2 Å². The van der Waals surface area contributed by atoms with Crippen LogP contribution in [0.2, 0.25) is 10.0 Å². The molecule has 3 aromatic carbocycles. The van der Waals surface area contributed by atoms with Crippen LogP contribution in [0.3, 0.4) is 0 Å². The Morgan fingerprint density at radius 2 is 1.54 bits per heavy atom. The molecule has 0 radical (unpaired) electrons. The average Bonchev–Trinajstić information content (AvgIpc) is 2.73. The molecule has 4 rings (SSSR count). The Morgan fingerprint density at radius 3 is 2.21 bits per heavy atom. The van der Waals surface area contributed by atoms with Gasteiger partial charge in [-0.2, -0.15) is 0 Å². The van der Waals surface area contributed by atoms with Gasteiger partial charge in [-0.3, -0.25) is 4.79 Å². The lowest BCUT2D eigenvalue weighted by Gasteiger charge is -2.33. The third-order valence-electron chi connectivity index (χ3n) is 4.85. The van der Waals surface area contributed by atoms with Crippen molar-refractivity contribution < 1.29 is 9.53 Å². The zero-order valence-electron chi connectivity index (χ0n) is 15.1. The van der Waals surface area contributed by atoms with Crippen LogP contribution in [0, 0.1) is 0 Å². The first-order valence-electron chi connectivity index (χ1n) is 9.12. The summed E-state index contributed by atoms with van der Waals surface area (Å²) in [6.07, 6.45) is -0.238. The molecule has 0 spiro atoms. The smallest absolute Gasteiger partial charge is 0.254 e. The van der Waals surface area contributed by atoms with E-state index in [2.05, 4.69) is 12.1 Å². The minimum absolute atomic E-state index is 0.000960. The number of nitrogens with zero attached hydrogens (tertiary/aromatic N) is 1. The normalized spacial score (nSPS) is 16.8. The van der Waals surface area contributed by atoms with Gasteiger partial charge >= 0.3 is 0 Å². The number of carbonyl (C=O) groups excluding carboxylic acids is 1. The van der Waals surface area contributed by atoms with Crippen LogP contribution in [0.1, 0.15) is 22.0 Å². The molecular formula is C23H19Cl2NO2. The number of halogens is 2. The van der Waals surface area contributed by atoms with E-state index >= 15 is 0 Å². The molecule has 28 heavy (non-hydrogen) atoms. The van der Waals surface area contributed by atoms with Gasteiger partial charge in [-0.1, -0.05) is 65.7 Å². The summed E-state index contributed by atoms with van der Waals surface area (Å²) in [6, 6.07) is 23.2. The van der Waals surface area contributed by atoms with E-state index in [0.29, 0.717) is 35.3 Å². The first kappa shape index (κ1) is 19.0. The van der Waals surface area contributed by atoms with Crippen molar-refractivity contribution in [2.75, 3.05) is 19.7 Å². The van der Waals surface area contributed by atoms with Gasteiger partial charge in [0, 0.05) is 22.2 Å². The zero-order valence-corrected chi connectivity index (χ0v) is 16.7. The number of benzene rings is 3. The second-order valence-corrected chi connectivity index (χ2v) is 7.63. The summed E-state index contributed by atoms with van der Waals surface area (Å²) in [5.74, 6) is 0.000960. The van der Waals surface area contributed by atoms with E-state index in [1.807, 2.05) is 59.5 Å². The third-order valence-corrected chi connectivity index (χ3v) is 5.29. The molecule has 1 atom stereocenters. The summed E-state index contributed by atoms with van der Waals surface area (Å²) in [4.78, 5) is 14.8. The van der Waals surface area contributed by atoms with E-state index in [0.717, 1.165) is 16.7 Å². The molecule has 0 bridgehead atoms. The summed E-state index contributed by atoms with van der Waals surface area (Å²) in [7, 11) is 0. The minimum Gasteiger partial charge on any atom is -0.370 e. The fourth-order valence-electron chi connectivity index (χ4n) is 3.41. The number of rotatable bonds is 3. The summed E-state index contributed by atoms with van der Waals surface area (Å²) >= 11 is 12.2. The minimum atomic E-state index is -0.238. The van der Waals surface area contributed by atoms with Crippen LogP contribution in [0.15, 0.2) is 72.8 Å². The number of amides is 1. The molecule has 1 aliphatic heterocycles. The topological polar surface area (TPSA) is 29.5 Å². The van der Waals surface area contributed by atoms with Crippen LogP contribution in [0.25, 0.3) is 11.1 Å². The lowest BCUT2D eigenvalue weighted by molar-refractivity contribution is -0.0228. The van der Waals surface area contributed by atoms with Crippen molar-refractivity contribution in [1.82, 2.24) is 4.90 Å². The molecule has 3 aromatic rings. The maximum absolute atomic E-state index is 13.0. The fraction of sp³-hybridized carbons (Fsp3) is 0.174. The Hall–Kier alpha value is -2.33. The van der Waals surface area contributed by atoms with Crippen LogP contribution in [-0.4, -0.2) is 30.5 Å². The number of hydrogen-bond donors (Lipinski definition) is 0. The van der Waals surface area contributed by atoms with E-state index in [1.165, 1.54) is 0 Å². The second kappa shape index (κ2) is 8.36. The van der Waals surface area contributed by atoms with Gasteiger partial charge in [0.15, 0.2) is 0 Å². The van der Waals surface area contributed by atoms with Crippen LogP contribution < -0.4 is 0 Å². The largest absolute Gasteiger partial charge is 0.370 e. The van der Waals surface area contributed by atoms with Crippen molar-refractivity contribution in [2.24, 2.45) is 0 Å². The first-order chi connectivity index (χ1) is 13.6. The summed E-state index contributed by atoms with van der Waals surface area (Å²) in [6.45, 7) is 1.50.